The van der Waals surface area contributed by atoms with Crippen molar-refractivity contribution in [2.75, 3.05) is 0 Å². The van der Waals surface area contributed by atoms with Crippen LogP contribution in [0.3, 0.4) is 0 Å². The van der Waals surface area contributed by atoms with E-state index in [0.717, 1.165) is 24.7 Å². The van der Waals surface area contributed by atoms with E-state index in [1.807, 2.05) is 13.8 Å². The SMILES string of the molecule is CC1C(CC2C(=O)OC(=O)C2CCC(C)(C)C(=O)OC2(C)CC3CC2C2CCCC32)C2CC1C1C3CC(C(=O)C(C)(C)C)C(C3)C21. The smallest absolute Gasteiger partial charge is 0.317 e. The first-order chi connectivity index (χ1) is 21.6. The summed E-state index contributed by atoms with van der Waals surface area (Å²) >= 11 is 0. The van der Waals surface area contributed by atoms with Gasteiger partial charge in [-0.05, 0) is 150 Å². The van der Waals surface area contributed by atoms with Gasteiger partial charge in [0.2, 0.25) is 0 Å². The zero-order valence-electron chi connectivity index (χ0n) is 29.4. The van der Waals surface area contributed by atoms with E-state index in [4.69, 9.17) is 9.47 Å². The molecule has 0 aromatic carbocycles. The van der Waals surface area contributed by atoms with Gasteiger partial charge in [0.15, 0.2) is 0 Å². The number of Topliss-reactive ketones (excluding diaryl/α,β-unsaturated/α-hetero) is 1. The zero-order valence-corrected chi connectivity index (χ0v) is 29.4. The summed E-state index contributed by atoms with van der Waals surface area (Å²) in [6.07, 6.45) is 11.3. The lowest BCUT2D eigenvalue weighted by molar-refractivity contribution is -0.178. The molecule has 254 valence electrons. The Morgan fingerprint density at radius 1 is 0.848 bits per heavy atom. The molecule has 8 fully saturated rings. The first kappa shape index (κ1) is 31.5. The van der Waals surface area contributed by atoms with Crippen LogP contribution in [0.1, 0.15) is 119 Å². The summed E-state index contributed by atoms with van der Waals surface area (Å²) in [5, 5.41) is 0. The topological polar surface area (TPSA) is 86.7 Å². The molecule has 1 heterocycles. The predicted molar refractivity (Wildman–Crippen MR) is 173 cm³/mol. The number of carbonyl (C=O) groups excluding carboxylic acids is 4. The second-order valence-electron chi connectivity index (χ2n) is 19.7. The molecule has 7 saturated carbocycles. The van der Waals surface area contributed by atoms with Crippen molar-refractivity contribution in [2.45, 2.75) is 125 Å². The van der Waals surface area contributed by atoms with Crippen molar-refractivity contribution in [2.24, 2.45) is 99.6 Å². The molecular formula is C40H58O6. The van der Waals surface area contributed by atoms with Crippen LogP contribution in [0.15, 0.2) is 0 Å². The first-order valence-electron chi connectivity index (χ1n) is 19.1. The molecule has 6 heteroatoms. The number of carbonyl (C=O) groups is 4. The fourth-order valence-electron chi connectivity index (χ4n) is 14.2. The molecule has 8 aliphatic rings. The number of ether oxygens (including phenoxy) is 2. The van der Waals surface area contributed by atoms with E-state index in [1.54, 1.807) is 0 Å². The number of ketones is 1. The number of hydrogen-bond donors (Lipinski definition) is 0. The van der Waals surface area contributed by atoms with E-state index >= 15 is 0 Å². The molecule has 6 bridgehead atoms. The number of fused-ring (bicyclic) bond motifs is 14. The van der Waals surface area contributed by atoms with Crippen molar-refractivity contribution in [3.8, 4) is 0 Å². The highest BCUT2D eigenvalue weighted by Gasteiger charge is 2.68. The van der Waals surface area contributed by atoms with Gasteiger partial charge in [0, 0.05) is 17.3 Å². The average molecular weight is 635 g/mol. The van der Waals surface area contributed by atoms with Gasteiger partial charge >= 0.3 is 17.9 Å². The highest BCUT2D eigenvalue weighted by Crippen LogP contribution is 2.72. The van der Waals surface area contributed by atoms with Crippen molar-refractivity contribution in [1.29, 1.82) is 0 Å². The third kappa shape index (κ3) is 4.52. The minimum atomic E-state index is -0.735. The highest BCUT2D eigenvalue weighted by atomic mass is 16.6. The molecule has 16 unspecified atom stereocenters. The zero-order chi connectivity index (χ0) is 32.7. The third-order valence-corrected chi connectivity index (χ3v) is 16.2. The fourth-order valence-corrected chi connectivity index (χ4v) is 14.2. The summed E-state index contributed by atoms with van der Waals surface area (Å²) in [5.74, 6) is 6.14. The van der Waals surface area contributed by atoms with Gasteiger partial charge in [-0.1, -0.05) is 34.1 Å². The highest BCUT2D eigenvalue weighted by molar-refractivity contribution is 5.96. The van der Waals surface area contributed by atoms with E-state index < -0.39 is 23.2 Å². The molecule has 1 aliphatic heterocycles. The average Bonchev–Trinajstić information content (AvgIpc) is 3.81. The van der Waals surface area contributed by atoms with Crippen molar-refractivity contribution in [3.63, 3.8) is 0 Å². The van der Waals surface area contributed by atoms with E-state index in [2.05, 4.69) is 34.6 Å². The summed E-state index contributed by atoms with van der Waals surface area (Å²) in [6.45, 7) is 14.7. The summed E-state index contributed by atoms with van der Waals surface area (Å²) in [7, 11) is 0. The Balaban J connectivity index is 0.927. The van der Waals surface area contributed by atoms with Crippen molar-refractivity contribution in [3.05, 3.63) is 0 Å². The number of hydrogen-bond acceptors (Lipinski definition) is 6. The van der Waals surface area contributed by atoms with Crippen molar-refractivity contribution >= 4 is 23.7 Å². The Hall–Kier alpha value is -1.72. The molecule has 0 aromatic rings. The Morgan fingerprint density at radius 2 is 1.57 bits per heavy atom. The Bertz CT molecular complexity index is 1320. The molecule has 8 rings (SSSR count). The molecule has 0 radical (unpaired) electrons. The van der Waals surface area contributed by atoms with Gasteiger partial charge in [-0.3, -0.25) is 19.2 Å². The summed E-state index contributed by atoms with van der Waals surface area (Å²) in [6, 6.07) is 0. The monoisotopic (exact) mass is 634 g/mol. The second kappa shape index (κ2) is 10.4. The van der Waals surface area contributed by atoms with Crippen molar-refractivity contribution < 1.29 is 28.7 Å². The molecule has 0 spiro atoms. The largest absolute Gasteiger partial charge is 0.459 e. The number of esters is 3. The van der Waals surface area contributed by atoms with Crippen LogP contribution in [0.2, 0.25) is 0 Å². The summed E-state index contributed by atoms with van der Waals surface area (Å²) in [5.41, 5.74) is -1.41. The van der Waals surface area contributed by atoms with Crippen LogP contribution in [-0.2, 0) is 28.7 Å². The van der Waals surface area contributed by atoms with Crippen LogP contribution in [0.5, 0.6) is 0 Å². The Morgan fingerprint density at radius 3 is 2.30 bits per heavy atom. The summed E-state index contributed by atoms with van der Waals surface area (Å²) < 4.78 is 11.7. The van der Waals surface area contributed by atoms with Crippen LogP contribution < -0.4 is 0 Å². The predicted octanol–water partition coefficient (Wildman–Crippen LogP) is 7.66. The molecular weight excluding hydrogens is 576 g/mol. The third-order valence-electron chi connectivity index (χ3n) is 16.2. The number of cyclic esters (lactones) is 2. The van der Waals surface area contributed by atoms with Gasteiger partial charge in [-0.15, -0.1) is 0 Å². The van der Waals surface area contributed by atoms with E-state index in [9.17, 15) is 19.2 Å². The summed E-state index contributed by atoms with van der Waals surface area (Å²) in [4.78, 5) is 53.5. The molecule has 16 atom stereocenters. The van der Waals surface area contributed by atoms with Crippen LogP contribution >= 0.6 is 0 Å². The van der Waals surface area contributed by atoms with Gasteiger partial charge in [-0.25, -0.2) is 0 Å². The maximum Gasteiger partial charge on any atom is 0.317 e. The maximum atomic E-state index is 13.7. The normalized spacial score (nSPS) is 49.9. The fraction of sp³-hybridized carbons (Fsp3) is 0.900. The molecule has 1 saturated heterocycles. The van der Waals surface area contributed by atoms with Gasteiger partial charge < -0.3 is 9.47 Å². The van der Waals surface area contributed by atoms with Crippen molar-refractivity contribution in [1.82, 2.24) is 0 Å². The maximum absolute atomic E-state index is 13.7. The minimum Gasteiger partial charge on any atom is -0.459 e. The second-order valence-corrected chi connectivity index (χ2v) is 19.7. The molecule has 6 nitrogen and oxygen atoms in total. The number of rotatable bonds is 8. The van der Waals surface area contributed by atoms with E-state index in [-0.39, 0.29) is 28.9 Å². The standard InChI is InChI=1S/C40H58O6/c1-19-25(28-17-26(19)32-20-13-27(33(28)32)29(14-20)34(41)38(2,3)4)16-30-24(35(42)45-36(30)43)11-12-39(5,6)37(44)46-40(7)18-21-15-31(40)23-10-8-9-22(21)23/h19-33H,8-18H2,1-7H3. The Labute approximate surface area is 276 Å². The molecule has 0 N–H and O–H groups in total. The molecule has 0 aromatic heterocycles. The van der Waals surface area contributed by atoms with Crippen LogP contribution in [-0.4, -0.2) is 29.3 Å². The minimum absolute atomic E-state index is 0.158. The van der Waals surface area contributed by atoms with Gasteiger partial charge in [0.05, 0.1) is 17.3 Å². The van der Waals surface area contributed by atoms with Crippen LogP contribution in [0.4, 0.5) is 0 Å². The van der Waals surface area contributed by atoms with Gasteiger partial charge in [0.1, 0.15) is 11.4 Å². The molecule has 46 heavy (non-hydrogen) atoms. The van der Waals surface area contributed by atoms with Crippen LogP contribution in [0.25, 0.3) is 0 Å². The lowest BCUT2D eigenvalue weighted by Gasteiger charge is -2.45. The first-order valence-corrected chi connectivity index (χ1v) is 19.1. The van der Waals surface area contributed by atoms with Gasteiger partial charge in [0.25, 0.3) is 0 Å². The van der Waals surface area contributed by atoms with Crippen LogP contribution in [0, 0.1) is 99.6 Å². The molecule has 7 aliphatic carbocycles. The van der Waals surface area contributed by atoms with E-state index in [0.29, 0.717) is 84.2 Å². The van der Waals surface area contributed by atoms with Gasteiger partial charge in [-0.2, -0.15) is 0 Å². The van der Waals surface area contributed by atoms with E-state index in [1.165, 1.54) is 38.5 Å². The lowest BCUT2D eigenvalue weighted by atomic mass is 9.58. The molecule has 0 amide bonds. The quantitative estimate of drug-likeness (QED) is 0.155. The lowest BCUT2D eigenvalue weighted by Crippen LogP contribution is -2.45. The Kier molecular flexibility index (Phi) is 7.13.